The summed E-state index contributed by atoms with van der Waals surface area (Å²) in [6.07, 6.45) is 3.49. The monoisotopic (exact) mass is 249 g/mol. The van der Waals surface area contributed by atoms with Gasteiger partial charge >= 0.3 is 0 Å². The zero-order valence-corrected chi connectivity index (χ0v) is 11.5. The Hall–Kier alpha value is -1.06. The second kappa shape index (κ2) is 5.72. The number of phenolic OH excluding ortho intramolecular Hbond substituents is 1. The Labute approximate surface area is 109 Å². The van der Waals surface area contributed by atoms with Gasteiger partial charge in [-0.3, -0.25) is 4.90 Å². The number of nitrogens with zero attached hydrogens (tertiary/aromatic N) is 1. The molecule has 0 aliphatic heterocycles. The minimum atomic E-state index is 0.369. The van der Waals surface area contributed by atoms with Crippen LogP contribution >= 0.6 is 0 Å². The van der Waals surface area contributed by atoms with E-state index in [2.05, 4.69) is 24.9 Å². The molecule has 0 saturated carbocycles. The van der Waals surface area contributed by atoms with Crippen LogP contribution in [0.3, 0.4) is 0 Å². The second-order valence-electron chi connectivity index (χ2n) is 5.26. The Kier molecular flexibility index (Phi) is 4.25. The van der Waals surface area contributed by atoms with Crippen LogP contribution in [0.5, 0.6) is 5.75 Å². The molecule has 0 amide bonds. The molecule has 0 heterocycles. The van der Waals surface area contributed by atoms with Crippen molar-refractivity contribution in [3.63, 3.8) is 0 Å². The summed E-state index contributed by atoms with van der Waals surface area (Å²) in [6.45, 7) is 2.92. The summed E-state index contributed by atoms with van der Waals surface area (Å²) in [6, 6.07) is 6.56. The lowest BCUT2D eigenvalue weighted by molar-refractivity contribution is 0.0829. The summed E-state index contributed by atoms with van der Waals surface area (Å²) in [5.41, 5.74) is 2.66. The second-order valence-corrected chi connectivity index (χ2v) is 5.26. The molecular formula is C15H23NO2. The van der Waals surface area contributed by atoms with Crippen molar-refractivity contribution in [1.82, 2.24) is 4.90 Å². The van der Waals surface area contributed by atoms with Crippen LogP contribution in [-0.4, -0.2) is 36.8 Å². The van der Waals surface area contributed by atoms with Crippen molar-refractivity contribution in [2.24, 2.45) is 0 Å². The third-order valence-corrected chi connectivity index (χ3v) is 4.01. The van der Waals surface area contributed by atoms with E-state index in [1.165, 1.54) is 17.5 Å². The fraction of sp³-hybridized carbons (Fsp3) is 0.600. The van der Waals surface area contributed by atoms with E-state index >= 15 is 0 Å². The van der Waals surface area contributed by atoms with Crippen molar-refractivity contribution in [3.05, 3.63) is 29.3 Å². The van der Waals surface area contributed by atoms with Crippen molar-refractivity contribution in [2.75, 3.05) is 20.8 Å². The van der Waals surface area contributed by atoms with Gasteiger partial charge in [0.05, 0.1) is 6.61 Å². The summed E-state index contributed by atoms with van der Waals surface area (Å²) >= 11 is 0. The lowest BCUT2D eigenvalue weighted by Crippen LogP contribution is -2.37. The third-order valence-electron chi connectivity index (χ3n) is 4.01. The standard InChI is InChI=1S/C15H23NO2/c1-11(10-18-3)16(2)15-6-4-5-12-7-8-13(17)9-14(12)15/h7-9,11,15,17H,4-6,10H2,1-3H3. The van der Waals surface area contributed by atoms with Crippen LogP contribution in [0.15, 0.2) is 18.2 Å². The molecule has 18 heavy (non-hydrogen) atoms. The molecule has 3 nitrogen and oxygen atoms in total. The number of aromatic hydroxyl groups is 1. The van der Waals surface area contributed by atoms with Crippen molar-refractivity contribution in [3.8, 4) is 5.75 Å². The number of benzene rings is 1. The molecule has 2 atom stereocenters. The fourth-order valence-electron chi connectivity index (χ4n) is 2.85. The maximum atomic E-state index is 9.69. The third kappa shape index (κ3) is 2.68. The number of likely N-dealkylation sites (N-methyl/N-ethyl adjacent to an activating group) is 1. The SMILES string of the molecule is COCC(C)N(C)C1CCCc2ccc(O)cc21. The van der Waals surface area contributed by atoms with Gasteiger partial charge in [-0.1, -0.05) is 6.07 Å². The Balaban J connectivity index is 2.23. The van der Waals surface area contributed by atoms with E-state index in [0.717, 1.165) is 19.4 Å². The van der Waals surface area contributed by atoms with E-state index in [4.69, 9.17) is 4.74 Å². The predicted molar refractivity (Wildman–Crippen MR) is 72.9 cm³/mol. The number of hydrogen-bond donors (Lipinski definition) is 1. The molecule has 0 aromatic heterocycles. The highest BCUT2D eigenvalue weighted by molar-refractivity contribution is 5.38. The van der Waals surface area contributed by atoms with Crippen LogP contribution in [0.2, 0.25) is 0 Å². The molecular weight excluding hydrogens is 226 g/mol. The van der Waals surface area contributed by atoms with E-state index in [1.807, 2.05) is 6.07 Å². The average Bonchev–Trinajstić information content (AvgIpc) is 2.37. The smallest absolute Gasteiger partial charge is 0.115 e. The molecule has 1 aliphatic rings. The molecule has 0 fully saturated rings. The van der Waals surface area contributed by atoms with E-state index in [0.29, 0.717) is 17.8 Å². The van der Waals surface area contributed by atoms with Crippen LogP contribution in [0, 0.1) is 0 Å². The van der Waals surface area contributed by atoms with Gasteiger partial charge in [0.25, 0.3) is 0 Å². The molecule has 2 unspecified atom stereocenters. The molecule has 1 aromatic carbocycles. The predicted octanol–water partition coefficient (Wildman–Crippen LogP) is 2.74. The maximum absolute atomic E-state index is 9.69. The first-order chi connectivity index (χ1) is 8.63. The van der Waals surface area contributed by atoms with Gasteiger partial charge in [0.2, 0.25) is 0 Å². The number of phenols is 1. The molecule has 1 N–H and O–H groups in total. The summed E-state index contributed by atoms with van der Waals surface area (Å²) in [7, 11) is 3.89. The van der Waals surface area contributed by atoms with Gasteiger partial charge in [-0.2, -0.15) is 0 Å². The van der Waals surface area contributed by atoms with Gasteiger partial charge in [-0.25, -0.2) is 0 Å². The summed E-state index contributed by atoms with van der Waals surface area (Å²) in [5, 5.41) is 9.69. The average molecular weight is 249 g/mol. The van der Waals surface area contributed by atoms with Gasteiger partial charge in [-0.15, -0.1) is 0 Å². The number of rotatable bonds is 4. The first kappa shape index (κ1) is 13.4. The quantitative estimate of drug-likeness (QED) is 0.890. The Morgan fingerprint density at radius 2 is 2.28 bits per heavy atom. The van der Waals surface area contributed by atoms with Crippen LogP contribution in [0.25, 0.3) is 0 Å². The van der Waals surface area contributed by atoms with Crippen molar-refractivity contribution < 1.29 is 9.84 Å². The van der Waals surface area contributed by atoms with E-state index in [9.17, 15) is 5.11 Å². The highest BCUT2D eigenvalue weighted by Gasteiger charge is 2.26. The first-order valence-electron chi connectivity index (χ1n) is 6.66. The van der Waals surface area contributed by atoms with E-state index in [1.54, 1.807) is 13.2 Å². The lowest BCUT2D eigenvalue weighted by Gasteiger charge is -2.36. The van der Waals surface area contributed by atoms with Crippen LogP contribution in [-0.2, 0) is 11.2 Å². The highest BCUT2D eigenvalue weighted by Crippen LogP contribution is 2.36. The Bertz CT molecular complexity index is 405. The zero-order valence-electron chi connectivity index (χ0n) is 11.5. The van der Waals surface area contributed by atoms with Crippen molar-refractivity contribution in [2.45, 2.75) is 38.3 Å². The molecule has 0 bridgehead atoms. The lowest BCUT2D eigenvalue weighted by atomic mass is 9.86. The first-order valence-corrected chi connectivity index (χ1v) is 6.66. The van der Waals surface area contributed by atoms with Gasteiger partial charge in [0, 0.05) is 19.2 Å². The number of ether oxygens (including phenoxy) is 1. The molecule has 2 rings (SSSR count). The van der Waals surface area contributed by atoms with E-state index < -0.39 is 0 Å². The van der Waals surface area contributed by atoms with Crippen LogP contribution < -0.4 is 0 Å². The van der Waals surface area contributed by atoms with Crippen LogP contribution in [0.1, 0.15) is 36.9 Å². The van der Waals surface area contributed by atoms with Crippen molar-refractivity contribution >= 4 is 0 Å². The van der Waals surface area contributed by atoms with Gasteiger partial charge in [0.15, 0.2) is 0 Å². The normalized spacial score (nSPS) is 20.8. The maximum Gasteiger partial charge on any atom is 0.115 e. The Morgan fingerprint density at radius 1 is 1.50 bits per heavy atom. The molecule has 0 saturated heterocycles. The van der Waals surface area contributed by atoms with Gasteiger partial charge < -0.3 is 9.84 Å². The summed E-state index contributed by atoms with van der Waals surface area (Å²) in [5.74, 6) is 0.369. The highest BCUT2D eigenvalue weighted by atomic mass is 16.5. The van der Waals surface area contributed by atoms with E-state index in [-0.39, 0.29) is 0 Å². The summed E-state index contributed by atoms with van der Waals surface area (Å²) < 4.78 is 5.24. The zero-order chi connectivity index (χ0) is 13.1. The summed E-state index contributed by atoms with van der Waals surface area (Å²) in [4.78, 5) is 2.36. The number of methoxy groups -OCH3 is 1. The molecule has 3 heteroatoms. The minimum Gasteiger partial charge on any atom is -0.508 e. The van der Waals surface area contributed by atoms with Gasteiger partial charge in [-0.05, 0) is 56.5 Å². The van der Waals surface area contributed by atoms with Crippen molar-refractivity contribution in [1.29, 1.82) is 0 Å². The number of hydrogen-bond acceptors (Lipinski definition) is 3. The van der Waals surface area contributed by atoms with Crippen LogP contribution in [0.4, 0.5) is 0 Å². The minimum absolute atomic E-state index is 0.369. The largest absolute Gasteiger partial charge is 0.508 e. The molecule has 100 valence electrons. The topological polar surface area (TPSA) is 32.7 Å². The molecule has 0 spiro atoms. The number of aryl methyl sites for hydroxylation is 1. The fourth-order valence-corrected chi connectivity index (χ4v) is 2.85. The molecule has 1 aliphatic carbocycles. The number of fused-ring (bicyclic) bond motifs is 1. The Morgan fingerprint density at radius 3 is 3.00 bits per heavy atom. The molecule has 1 aromatic rings. The molecule has 0 radical (unpaired) electrons. The van der Waals surface area contributed by atoms with Gasteiger partial charge in [0.1, 0.15) is 5.75 Å².